The molecule has 0 heterocycles. The van der Waals surface area contributed by atoms with E-state index in [2.05, 4.69) is 12.6 Å². The summed E-state index contributed by atoms with van der Waals surface area (Å²) in [5.41, 5.74) is 0. The predicted octanol–water partition coefficient (Wildman–Crippen LogP) is 3.16. The van der Waals surface area contributed by atoms with Crippen LogP contribution in [0.2, 0.25) is 0 Å². The highest BCUT2D eigenvalue weighted by Gasteiger charge is 2.22. The van der Waals surface area contributed by atoms with Crippen LogP contribution in [0.5, 0.6) is 23.0 Å². The molecule has 2 aromatic rings. The molecule has 0 aliphatic carbocycles. The van der Waals surface area contributed by atoms with E-state index in [0.29, 0.717) is 23.0 Å². The van der Waals surface area contributed by atoms with Crippen molar-refractivity contribution in [1.82, 2.24) is 0 Å². The fourth-order valence-corrected chi connectivity index (χ4v) is 2.35. The number of methoxy groups -OCH3 is 4. The maximum Gasteiger partial charge on any atom is 0.207 e. The van der Waals surface area contributed by atoms with Crippen molar-refractivity contribution in [3.05, 3.63) is 18.2 Å². The Morgan fingerprint density at radius 3 is 1.63 bits per heavy atom. The molecule has 0 spiro atoms. The van der Waals surface area contributed by atoms with E-state index in [1.54, 1.807) is 28.4 Å². The number of fused-ring (bicyclic) bond motifs is 1. The van der Waals surface area contributed by atoms with E-state index in [9.17, 15) is 0 Å². The first-order valence-corrected chi connectivity index (χ1v) is 6.11. The number of hydrogen-bond acceptors (Lipinski definition) is 5. The largest absolute Gasteiger partial charge is 0.492 e. The number of hydrogen-bond donors (Lipinski definition) is 1. The van der Waals surface area contributed by atoms with Crippen LogP contribution in [0.25, 0.3) is 10.8 Å². The van der Waals surface area contributed by atoms with Crippen molar-refractivity contribution in [3.63, 3.8) is 0 Å². The van der Waals surface area contributed by atoms with E-state index in [4.69, 9.17) is 18.9 Å². The molecule has 0 aliphatic heterocycles. The molecule has 2 rings (SSSR count). The van der Waals surface area contributed by atoms with Crippen LogP contribution in [0.4, 0.5) is 0 Å². The van der Waals surface area contributed by atoms with Gasteiger partial charge in [-0.05, 0) is 18.2 Å². The van der Waals surface area contributed by atoms with E-state index in [1.165, 1.54) is 0 Å². The minimum absolute atomic E-state index is 0.508. The van der Waals surface area contributed by atoms with Crippen LogP contribution in [0.1, 0.15) is 0 Å². The number of benzene rings is 2. The lowest BCUT2D eigenvalue weighted by atomic mass is 10.1. The fourth-order valence-electron chi connectivity index (χ4n) is 2.15. The molecule has 5 heteroatoms. The maximum absolute atomic E-state index is 5.45. The molecule has 0 aliphatic rings. The first kappa shape index (κ1) is 13.7. The Hall–Kier alpha value is -1.75. The van der Waals surface area contributed by atoms with Gasteiger partial charge in [0.25, 0.3) is 0 Å². The van der Waals surface area contributed by atoms with Gasteiger partial charge >= 0.3 is 0 Å². The minimum Gasteiger partial charge on any atom is -0.492 e. The maximum atomic E-state index is 5.45. The first-order valence-electron chi connectivity index (χ1n) is 5.66. The zero-order valence-corrected chi connectivity index (χ0v) is 12.2. The summed E-state index contributed by atoms with van der Waals surface area (Å²) >= 11 is 4.35. The molecular weight excluding hydrogens is 264 g/mol. The highest BCUT2D eigenvalue weighted by molar-refractivity contribution is 7.80. The van der Waals surface area contributed by atoms with Crippen LogP contribution in [0.3, 0.4) is 0 Å². The van der Waals surface area contributed by atoms with Crippen molar-refractivity contribution in [2.75, 3.05) is 28.4 Å². The molecule has 0 amide bonds. The van der Waals surface area contributed by atoms with Gasteiger partial charge in [-0.15, -0.1) is 12.6 Å². The van der Waals surface area contributed by atoms with Gasteiger partial charge in [-0.1, -0.05) is 0 Å². The molecule has 0 atom stereocenters. The third-order valence-corrected chi connectivity index (χ3v) is 3.21. The molecule has 0 unspecified atom stereocenters. The van der Waals surface area contributed by atoms with E-state index >= 15 is 0 Å². The van der Waals surface area contributed by atoms with E-state index in [0.717, 1.165) is 15.7 Å². The molecule has 19 heavy (non-hydrogen) atoms. The van der Waals surface area contributed by atoms with Crippen LogP contribution in [-0.2, 0) is 0 Å². The zero-order chi connectivity index (χ0) is 14.0. The minimum atomic E-state index is 0.508. The van der Waals surface area contributed by atoms with Crippen LogP contribution in [0, 0.1) is 0 Å². The fraction of sp³-hybridized carbons (Fsp3) is 0.286. The Kier molecular flexibility index (Phi) is 3.95. The van der Waals surface area contributed by atoms with Gasteiger partial charge in [0, 0.05) is 15.7 Å². The van der Waals surface area contributed by atoms with E-state index in [-0.39, 0.29) is 0 Å². The lowest BCUT2D eigenvalue weighted by molar-refractivity contribution is 0.309. The quantitative estimate of drug-likeness (QED) is 0.873. The smallest absolute Gasteiger partial charge is 0.207 e. The Morgan fingerprint density at radius 2 is 1.16 bits per heavy atom. The van der Waals surface area contributed by atoms with Crippen molar-refractivity contribution in [3.8, 4) is 23.0 Å². The summed E-state index contributed by atoms with van der Waals surface area (Å²) in [7, 11) is 6.32. The average molecular weight is 280 g/mol. The van der Waals surface area contributed by atoms with E-state index in [1.807, 2.05) is 18.2 Å². The van der Waals surface area contributed by atoms with Gasteiger partial charge in [0.05, 0.1) is 28.4 Å². The molecule has 0 aromatic heterocycles. The van der Waals surface area contributed by atoms with Gasteiger partial charge in [-0.3, -0.25) is 0 Å². The van der Waals surface area contributed by atoms with E-state index < -0.39 is 0 Å². The molecule has 0 radical (unpaired) electrons. The topological polar surface area (TPSA) is 36.9 Å². The zero-order valence-electron chi connectivity index (χ0n) is 11.3. The van der Waals surface area contributed by atoms with Crippen molar-refractivity contribution in [2.24, 2.45) is 0 Å². The van der Waals surface area contributed by atoms with Crippen molar-refractivity contribution in [1.29, 1.82) is 0 Å². The molecule has 0 bridgehead atoms. The Balaban J connectivity index is 2.97. The first-order chi connectivity index (χ1) is 9.17. The lowest BCUT2D eigenvalue weighted by Crippen LogP contribution is -1.99. The van der Waals surface area contributed by atoms with Crippen LogP contribution < -0.4 is 18.9 Å². The second-order valence-corrected chi connectivity index (χ2v) is 4.38. The van der Waals surface area contributed by atoms with Gasteiger partial charge in [0.15, 0.2) is 11.5 Å². The molecule has 102 valence electrons. The van der Waals surface area contributed by atoms with Crippen LogP contribution in [-0.4, -0.2) is 28.4 Å². The molecule has 0 saturated heterocycles. The molecule has 0 fully saturated rings. The summed E-state index contributed by atoms with van der Waals surface area (Å²) in [6.07, 6.45) is 0. The standard InChI is InChI=1S/C14H16O4S/c1-15-11-9-6-5-8(19)7-10(9)12(16-2)14(18-4)13(11)17-3/h5-7,19H,1-4H3. The van der Waals surface area contributed by atoms with Crippen molar-refractivity contribution < 1.29 is 18.9 Å². The molecular formula is C14H16O4S. The normalized spacial score (nSPS) is 10.4. The average Bonchev–Trinajstić information content (AvgIpc) is 2.44. The highest BCUT2D eigenvalue weighted by Crippen LogP contribution is 2.50. The van der Waals surface area contributed by atoms with Gasteiger partial charge in [0.2, 0.25) is 11.5 Å². The predicted molar refractivity (Wildman–Crippen MR) is 77.4 cm³/mol. The number of rotatable bonds is 4. The SMILES string of the molecule is COc1c(OC)c(OC)c2cc(S)ccc2c1OC. The third-order valence-electron chi connectivity index (χ3n) is 2.93. The summed E-state index contributed by atoms with van der Waals surface area (Å²) in [6, 6.07) is 5.71. The number of thiol groups is 1. The summed E-state index contributed by atoms with van der Waals surface area (Å²) < 4.78 is 21.7. The lowest BCUT2D eigenvalue weighted by Gasteiger charge is -2.18. The van der Waals surface area contributed by atoms with Crippen molar-refractivity contribution >= 4 is 23.4 Å². The summed E-state index contributed by atoms with van der Waals surface area (Å²) in [6.45, 7) is 0. The highest BCUT2D eigenvalue weighted by atomic mass is 32.1. The monoisotopic (exact) mass is 280 g/mol. The molecule has 0 saturated carbocycles. The second-order valence-electron chi connectivity index (χ2n) is 3.86. The summed E-state index contributed by atoms with van der Waals surface area (Å²) in [5.74, 6) is 2.24. The van der Waals surface area contributed by atoms with Gasteiger partial charge in [0.1, 0.15) is 0 Å². The summed E-state index contributed by atoms with van der Waals surface area (Å²) in [4.78, 5) is 0.833. The summed E-state index contributed by atoms with van der Waals surface area (Å²) in [5, 5.41) is 1.75. The second kappa shape index (κ2) is 5.48. The molecule has 0 N–H and O–H groups in total. The van der Waals surface area contributed by atoms with Gasteiger partial charge < -0.3 is 18.9 Å². The third kappa shape index (κ3) is 2.14. The van der Waals surface area contributed by atoms with Crippen LogP contribution >= 0.6 is 12.6 Å². The van der Waals surface area contributed by atoms with Gasteiger partial charge in [-0.25, -0.2) is 0 Å². The molecule has 4 nitrogen and oxygen atoms in total. The molecule has 2 aromatic carbocycles. The Morgan fingerprint density at radius 1 is 0.684 bits per heavy atom. The Labute approximate surface area is 117 Å². The Bertz CT molecular complexity index is 610. The van der Waals surface area contributed by atoms with Gasteiger partial charge in [-0.2, -0.15) is 0 Å². The number of ether oxygens (including phenoxy) is 4. The van der Waals surface area contributed by atoms with Crippen LogP contribution in [0.15, 0.2) is 23.1 Å². The van der Waals surface area contributed by atoms with Crippen molar-refractivity contribution in [2.45, 2.75) is 4.90 Å².